The first-order chi connectivity index (χ1) is 7.33. The van der Waals surface area contributed by atoms with Crippen LogP contribution in [0, 0.1) is 5.92 Å². The van der Waals surface area contributed by atoms with E-state index in [1.54, 1.807) is 0 Å². The van der Waals surface area contributed by atoms with E-state index in [-0.39, 0.29) is 0 Å². The maximum absolute atomic E-state index is 11.4. The second-order valence-corrected chi connectivity index (χ2v) is 5.94. The summed E-state index contributed by atoms with van der Waals surface area (Å²) in [4.78, 5) is 10.3. The Morgan fingerprint density at radius 2 is 2.19 bits per heavy atom. The van der Waals surface area contributed by atoms with Gasteiger partial charge in [-0.15, -0.1) is 0 Å². The van der Waals surface area contributed by atoms with Gasteiger partial charge in [0.05, 0.1) is 0 Å². The number of carbonyl (C=O) groups is 1. The van der Waals surface area contributed by atoms with E-state index >= 15 is 0 Å². The Morgan fingerprint density at radius 1 is 1.56 bits per heavy atom. The highest BCUT2D eigenvalue weighted by Crippen LogP contribution is 2.34. The molecule has 4 heteroatoms. The van der Waals surface area contributed by atoms with Crippen LogP contribution < -0.4 is 0 Å². The Bertz CT molecular complexity index is 295. The molecule has 0 amide bonds. The zero-order valence-electron chi connectivity index (χ0n) is 9.93. The maximum atomic E-state index is 11.4. The summed E-state index contributed by atoms with van der Waals surface area (Å²) < 4.78 is 5.34. The van der Waals surface area contributed by atoms with Crippen LogP contribution in [0.25, 0.3) is 0 Å². The molecular formula is C12H18Cl2O2. The number of rotatable bonds is 3. The number of halogens is 2. The summed E-state index contributed by atoms with van der Waals surface area (Å²) in [6, 6.07) is 0. The lowest BCUT2D eigenvalue weighted by molar-refractivity contribution is -0.159. The molecule has 0 bridgehead atoms. The second-order valence-electron chi connectivity index (χ2n) is 4.85. The van der Waals surface area contributed by atoms with Crippen LogP contribution in [0.4, 0.5) is 0 Å². The largest absolute Gasteiger partial charge is 0.457 e. The molecule has 0 aromatic rings. The van der Waals surface area contributed by atoms with Crippen molar-refractivity contribution in [2.24, 2.45) is 5.92 Å². The fourth-order valence-corrected chi connectivity index (χ4v) is 2.07. The number of hydrogen-bond acceptors (Lipinski definition) is 2. The van der Waals surface area contributed by atoms with Crippen LogP contribution in [0.15, 0.2) is 11.6 Å². The van der Waals surface area contributed by atoms with E-state index in [0.717, 1.165) is 19.3 Å². The number of carbonyl (C=O) groups excluding carboxylic acids is 1. The number of esters is 1. The van der Waals surface area contributed by atoms with Crippen LogP contribution in [0.2, 0.25) is 0 Å². The molecule has 1 aliphatic rings. The van der Waals surface area contributed by atoms with Gasteiger partial charge < -0.3 is 4.74 Å². The minimum atomic E-state index is -1.10. The molecule has 0 saturated heterocycles. The van der Waals surface area contributed by atoms with Crippen LogP contribution in [0.3, 0.4) is 0 Å². The number of ether oxygens (including phenoxy) is 1. The first-order valence-electron chi connectivity index (χ1n) is 5.49. The molecule has 2 nitrogen and oxygen atoms in total. The van der Waals surface area contributed by atoms with Crippen LogP contribution in [-0.2, 0) is 9.53 Å². The summed E-state index contributed by atoms with van der Waals surface area (Å²) in [5.74, 6) is -0.216. The highest BCUT2D eigenvalue weighted by Gasteiger charge is 2.34. The van der Waals surface area contributed by atoms with Crippen molar-refractivity contribution in [1.82, 2.24) is 0 Å². The van der Waals surface area contributed by atoms with Gasteiger partial charge in [-0.3, -0.25) is 0 Å². The van der Waals surface area contributed by atoms with E-state index < -0.39 is 16.4 Å². The molecule has 0 saturated carbocycles. The minimum Gasteiger partial charge on any atom is -0.457 e. The third-order valence-corrected chi connectivity index (χ3v) is 3.52. The van der Waals surface area contributed by atoms with Crippen LogP contribution >= 0.6 is 23.2 Å². The summed E-state index contributed by atoms with van der Waals surface area (Å²) >= 11 is 11.0. The fraction of sp³-hybridized carbons (Fsp3) is 0.750. The standard InChI is InChI=1S/C12H18Cl2O2/c1-8-4-6-9(7-5-8)12(2,3)16-11(15)10(13)14/h4,9-10H,5-7H2,1-3H3. The second kappa shape index (κ2) is 5.42. The van der Waals surface area contributed by atoms with Gasteiger partial charge >= 0.3 is 5.97 Å². The van der Waals surface area contributed by atoms with Gasteiger partial charge in [0.1, 0.15) is 5.60 Å². The first kappa shape index (κ1) is 13.9. The predicted molar refractivity (Wildman–Crippen MR) is 66.8 cm³/mol. The van der Waals surface area contributed by atoms with E-state index in [1.807, 2.05) is 13.8 Å². The van der Waals surface area contributed by atoms with Crippen molar-refractivity contribution in [1.29, 1.82) is 0 Å². The van der Waals surface area contributed by atoms with Crippen molar-refractivity contribution in [2.75, 3.05) is 0 Å². The van der Waals surface area contributed by atoms with E-state index in [9.17, 15) is 4.79 Å². The van der Waals surface area contributed by atoms with Gasteiger partial charge in [0.15, 0.2) is 0 Å². The summed E-state index contributed by atoms with van der Waals surface area (Å²) in [7, 11) is 0. The zero-order chi connectivity index (χ0) is 12.3. The smallest absolute Gasteiger partial charge is 0.339 e. The maximum Gasteiger partial charge on any atom is 0.339 e. The van der Waals surface area contributed by atoms with Crippen molar-refractivity contribution in [2.45, 2.75) is 50.5 Å². The molecule has 0 aromatic carbocycles. The quantitative estimate of drug-likeness (QED) is 0.440. The van der Waals surface area contributed by atoms with Crippen molar-refractivity contribution in [3.63, 3.8) is 0 Å². The Kier molecular flexibility index (Phi) is 4.69. The normalized spacial score (nSPS) is 21.9. The van der Waals surface area contributed by atoms with Crippen molar-refractivity contribution >= 4 is 29.2 Å². The third kappa shape index (κ3) is 3.67. The van der Waals surface area contributed by atoms with Crippen molar-refractivity contribution in [3.05, 3.63) is 11.6 Å². The molecule has 0 heterocycles. The Hall–Kier alpha value is -0.210. The Morgan fingerprint density at radius 3 is 2.62 bits per heavy atom. The topological polar surface area (TPSA) is 26.3 Å². The SMILES string of the molecule is CC1=CCC(C(C)(C)OC(=O)C(Cl)Cl)CC1. The first-order valence-corrected chi connectivity index (χ1v) is 6.37. The van der Waals surface area contributed by atoms with Crippen LogP contribution in [0.5, 0.6) is 0 Å². The molecule has 0 aromatic heterocycles. The monoisotopic (exact) mass is 264 g/mol. The number of alkyl halides is 2. The summed E-state index contributed by atoms with van der Waals surface area (Å²) in [5.41, 5.74) is 0.905. The number of allylic oxidation sites excluding steroid dienone is 2. The lowest BCUT2D eigenvalue weighted by atomic mass is 9.79. The molecule has 0 radical (unpaired) electrons. The molecule has 0 spiro atoms. The van der Waals surface area contributed by atoms with Gasteiger partial charge in [0, 0.05) is 5.92 Å². The van der Waals surface area contributed by atoms with Gasteiger partial charge in [-0.05, 0) is 40.0 Å². The molecule has 1 atom stereocenters. The lowest BCUT2D eigenvalue weighted by Crippen LogP contribution is -2.38. The van der Waals surface area contributed by atoms with Gasteiger partial charge in [-0.2, -0.15) is 0 Å². The highest BCUT2D eigenvalue weighted by atomic mass is 35.5. The molecule has 1 rings (SSSR count). The highest BCUT2D eigenvalue weighted by molar-refractivity contribution is 6.52. The molecule has 92 valence electrons. The third-order valence-electron chi connectivity index (χ3n) is 3.16. The van der Waals surface area contributed by atoms with Crippen molar-refractivity contribution < 1.29 is 9.53 Å². The average molecular weight is 265 g/mol. The molecule has 0 fully saturated rings. The summed E-state index contributed by atoms with van der Waals surface area (Å²) in [5, 5.41) is 0. The molecule has 16 heavy (non-hydrogen) atoms. The minimum absolute atomic E-state index is 0.340. The predicted octanol–water partition coefficient (Wildman–Crippen LogP) is 3.86. The van der Waals surface area contributed by atoms with Crippen LogP contribution in [-0.4, -0.2) is 16.4 Å². The van der Waals surface area contributed by atoms with Gasteiger partial charge in [0.25, 0.3) is 0 Å². The Labute approximate surface area is 107 Å². The molecular weight excluding hydrogens is 247 g/mol. The zero-order valence-corrected chi connectivity index (χ0v) is 11.4. The summed E-state index contributed by atoms with van der Waals surface area (Å²) in [6.07, 6.45) is 5.26. The molecule has 0 N–H and O–H groups in total. The fourth-order valence-electron chi connectivity index (χ4n) is 1.98. The van der Waals surface area contributed by atoms with E-state index in [4.69, 9.17) is 27.9 Å². The van der Waals surface area contributed by atoms with E-state index in [2.05, 4.69) is 13.0 Å². The van der Waals surface area contributed by atoms with Gasteiger partial charge in [-0.1, -0.05) is 34.9 Å². The average Bonchev–Trinajstić information content (AvgIpc) is 2.17. The summed E-state index contributed by atoms with van der Waals surface area (Å²) in [6.45, 7) is 5.96. The van der Waals surface area contributed by atoms with Crippen molar-refractivity contribution in [3.8, 4) is 0 Å². The molecule has 1 unspecified atom stereocenters. The molecule has 0 aliphatic heterocycles. The van der Waals surface area contributed by atoms with Crippen LogP contribution in [0.1, 0.15) is 40.0 Å². The van der Waals surface area contributed by atoms with E-state index in [0.29, 0.717) is 5.92 Å². The molecule has 1 aliphatic carbocycles. The Balaban J connectivity index is 2.60. The lowest BCUT2D eigenvalue weighted by Gasteiger charge is -2.35. The number of hydrogen-bond donors (Lipinski definition) is 0. The van der Waals surface area contributed by atoms with E-state index in [1.165, 1.54) is 5.57 Å². The van der Waals surface area contributed by atoms with Gasteiger partial charge in [0.2, 0.25) is 4.84 Å². The van der Waals surface area contributed by atoms with Gasteiger partial charge in [-0.25, -0.2) is 4.79 Å².